The Kier molecular flexibility index (Phi) is 3.58. The van der Waals surface area contributed by atoms with Gasteiger partial charge in [0.2, 0.25) is 5.91 Å². The average Bonchev–Trinajstić information content (AvgIpc) is 3.15. The van der Waals surface area contributed by atoms with Gasteiger partial charge in [0.1, 0.15) is 5.82 Å². The van der Waals surface area contributed by atoms with Crippen LogP contribution in [0.3, 0.4) is 0 Å². The molecule has 0 saturated heterocycles. The van der Waals surface area contributed by atoms with E-state index in [1.54, 1.807) is 0 Å². The lowest BCUT2D eigenvalue weighted by molar-refractivity contribution is -0.116. The number of carbonyl (C=O) groups excluding carboxylic acids is 1. The monoisotopic (exact) mass is 247 g/mol. The molecule has 1 aromatic rings. The SMILES string of the molecule is N#Cc1ccc(NC(=O)CC(N)C2CC2)c(F)c1. The molecule has 1 saturated carbocycles. The first kappa shape index (κ1) is 12.5. The van der Waals surface area contributed by atoms with Crippen LogP contribution in [0.15, 0.2) is 18.2 Å². The molecular formula is C13H14FN3O. The van der Waals surface area contributed by atoms with Gasteiger partial charge in [-0.3, -0.25) is 4.79 Å². The lowest BCUT2D eigenvalue weighted by Gasteiger charge is -2.11. The number of rotatable bonds is 4. The normalized spacial score (nSPS) is 15.8. The first-order valence-corrected chi connectivity index (χ1v) is 5.85. The Morgan fingerprint density at radius 1 is 1.61 bits per heavy atom. The molecule has 1 atom stereocenters. The van der Waals surface area contributed by atoms with E-state index in [1.165, 1.54) is 12.1 Å². The molecule has 94 valence electrons. The van der Waals surface area contributed by atoms with Crippen molar-refractivity contribution in [1.29, 1.82) is 5.26 Å². The molecule has 2 rings (SSSR count). The van der Waals surface area contributed by atoms with E-state index < -0.39 is 5.82 Å². The number of carbonyl (C=O) groups is 1. The van der Waals surface area contributed by atoms with Crippen LogP contribution in [-0.2, 0) is 4.79 Å². The number of nitrogens with one attached hydrogen (secondary N) is 1. The molecule has 0 heterocycles. The van der Waals surface area contributed by atoms with E-state index in [0.29, 0.717) is 5.92 Å². The number of benzene rings is 1. The summed E-state index contributed by atoms with van der Waals surface area (Å²) in [5.74, 6) is -0.470. The summed E-state index contributed by atoms with van der Waals surface area (Å²) in [6, 6.07) is 5.62. The van der Waals surface area contributed by atoms with E-state index in [1.807, 2.05) is 6.07 Å². The zero-order valence-corrected chi connectivity index (χ0v) is 9.82. The van der Waals surface area contributed by atoms with E-state index in [4.69, 9.17) is 11.0 Å². The number of nitrogens with zero attached hydrogens (tertiary/aromatic N) is 1. The summed E-state index contributed by atoms with van der Waals surface area (Å²) < 4.78 is 13.5. The van der Waals surface area contributed by atoms with Gasteiger partial charge in [-0.15, -0.1) is 0 Å². The van der Waals surface area contributed by atoms with Crippen molar-refractivity contribution in [2.45, 2.75) is 25.3 Å². The molecule has 1 unspecified atom stereocenters. The maximum absolute atomic E-state index is 13.5. The molecule has 1 aliphatic rings. The smallest absolute Gasteiger partial charge is 0.226 e. The summed E-state index contributed by atoms with van der Waals surface area (Å²) in [6.07, 6.45) is 2.34. The lowest BCUT2D eigenvalue weighted by Crippen LogP contribution is -2.29. The van der Waals surface area contributed by atoms with Crippen LogP contribution in [0.4, 0.5) is 10.1 Å². The zero-order valence-electron chi connectivity index (χ0n) is 9.82. The summed E-state index contributed by atoms with van der Waals surface area (Å²) >= 11 is 0. The van der Waals surface area contributed by atoms with Gasteiger partial charge in [-0.05, 0) is 37.0 Å². The summed E-state index contributed by atoms with van der Waals surface area (Å²) in [4.78, 5) is 11.6. The van der Waals surface area contributed by atoms with Crippen molar-refractivity contribution in [3.8, 4) is 6.07 Å². The Labute approximate surface area is 105 Å². The van der Waals surface area contributed by atoms with E-state index in [0.717, 1.165) is 18.9 Å². The molecular weight excluding hydrogens is 233 g/mol. The number of nitrogens with two attached hydrogens (primary N) is 1. The number of hydrogen-bond acceptors (Lipinski definition) is 3. The van der Waals surface area contributed by atoms with Gasteiger partial charge in [-0.2, -0.15) is 5.26 Å². The van der Waals surface area contributed by atoms with Crippen LogP contribution < -0.4 is 11.1 Å². The van der Waals surface area contributed by atoms with Crippen LogP contribution >= 0.6 is 0 Å². The standard InChI is InChI=1S/C13H14FN3O/c14-10-5-8(7-15)1-4-12(10)17-13(18)6-11(16)9-2-3-9/h1,4-5,9,11H,2-3,6,16H2,(H,17,18). The first-order chi connectivity index (χ1) is 8.60. The molecule has 18 heavy (non-hydrogen) atoms. The maximum Gasteiger partial charge on any atom is 0.226 e. The molecule has 5 heteroatoms. The van der Waals surface area contributed by atoms with Gasteiger partial charge in [-0.1, -0.05) is 0 Å². The van der Waals surface area contributed by atoms with Crippen LogP contribution in [0.25, 0.3) is 0 Å². The summed E-state index contributed by atoms with van der Waals surface area (Å²) in [5, 5.41) is 11.1. The Bertz CT molecular complexity index is 505. The number of anilines is 1. The van der Waals surface area contributed by atoms with Gasteiger partial charge in [0.05, 0.1) is 17.3 Å². The van der Waals surface area contributed by atoms with Crippen molar-refractivity contribution < 1.29 is 9.18 Å². The minimum absolute atomic E-state index is 0.0852. The van der Waals surface area contributed by atoms with E-state index in [-0.39, 0.29) is 29.6 Å². The molecule has 1 aliphatic carbocycles. The Balaban J connectivity index is 1.96. The van der Waals surface area contributed by atoms with E-state index >= 15 is 0 Å². The highest BCUT2D eigenvalue weighted by atomic mass is 19.1. The van der Waals surface area contributed by atoms with Gasteiger partial charge >= 0.3 is 0 Å². The van der Waals surface area contributed by atoms with Crippen LogP contribution in [0.1, 0.15) is 24.8 Å². The minimum atomic E-state index is -0.609. The van der Waals surface area contributed by atoms with Crippen LogP contribution in [-0.4, -0.2) is 11.9 Å². The number of hydrogen-bond donors (Lipinski definition) is 2. The molecule has 3 N–H and O–H groups in total. The van der Waals surface area contributed by atoms with Gasteiger partial charge in [0.15, 0.2) is 0 Å². The molecule has 4 nitrogen and oxygen atoms in total. The third-order valence-electron chi connectivity index (χ3n) is 3.02. The second kappa shape index (κ2) is 5.15. The molecule has 0 aliphatic heterocycles. The van der Waals surface area contributed by atoms with Crippen LogP contribution in [0.5, 0.6) is 0 Å². The topological polar surface area (TPSA) is 78.9 Å². The Morgan fingerprint density at radius 3 is 2.89 bits per heavy atom. The van der Waals surface area contributed by atoms with Crippen LogP contribution in [0, 0.1) is 23.1 Å². The fourth-order valence-corrected chi connectivity index (χ4v) is 1.79. The van der Waals surface area contributed by atoms with Gasteiger partial charge in [-0.25, -0.2) is 4.39 Å². The van der Waals surface area contributed by atoms with E-state index in [2.05, 4.69) is 5.32 Å². The predicted molar refractivity (Wildman–Crippen MR) is 65.1 cm³/mol. The first-order valence-electron chi connectivity index (χ1n) is 5.85. The molecule has 1 fully saturated rings. The maximum atomic E-state index is 13.5. The van der Waals surface area contributed by atoms with Crippen molar-refractivity contribution in [2.24, 2.45) is 11.7 Å². The van der Waals surface area contributed by atoms with Crippen LogP contribution in [0.2, 0.25) is 0 Å². The molecule has 0 bridgehead atoms. The fourth-order valence-electron chi connectivity index (χ4n) is 1.79. The summed E-state index contributed by atoms with van der Waals surface area (Å²) in [7, 11) is 0. The number of halogens is 1. The van der Waals surface area contributed by atoms with Gasteiger partial charge < -0.3 is 11.1 Å². The Hall–Kier alpha value is -1.93. The Morgan fingerprint density at radius 2 is 2.33 bits per heavy atom. The molecule has 1 amide bonds. The molecule has 1 aromatic carbocycles. The van der Waals surface area contributed by atoms with Crippen molar-refractivity contribution in [1.82, 2.24) is 0 Å². The predicted octanol–water partition coefficient (Wildman–Crippen LogP) is 1.76. The number of nitriles is 1. The minimum Gasteiger partial charge on any atom is -0.327 e. The summed E-state index contributed by atoms with van der Waals surface area (Å²) in [6.45, 7) is 0. The second-order valence-electron chi connectivity index (χ2n) is 4.56. The quantitative estimate of drug-likeness (QED) is 0.850. The largest absolute Gasteiger partial charge is 0.327 e. The number of amides is 1. The highest BCUT2D eigenvalue weighted by molar-refractivity contribution is 5.91. The van der Waals surface area contributed by atoms with Crippen molar-refractivity contribution in [3.63, 3.8) is 0 Å². The van der Waals surface area contributed by atoms with Crippen molar-refractivity contribution in [3.05, 3.63) is 29.6 Å². The van der Waals surface area contributed by atoms with Gasteiger partial charge in [0, 0.05) is 12.5 Å². The zero-order chi connectivity index (χ0) is 13.1. The van der Waals surface area contributed by atoms with Crippen molar-refractivity contribution in [2.75, 3.05) is 5.32 Å². The summed E-state index contributed by atoms with van der Waals surface area (Å²) in [5.41, 5.74) is 6.13. The lowest BCUT2D eigenvalue weighted by atomic mass is 10.1. The highest BCUT2D eigenvalue weighted by Gasteiger charge is 2.29. The van der Waals surface area contributed by atoms with Gasteiger partial charge in [0.25, 0.3) is 0 Å². The highest BCUT2D eigenvalue weighted by Crippen LogP contribution is 2.32. The molecule has 0 aromatic heterocycles. The fraction of sp³-hybridized carbons (Fsp3) is 0.385. The van der Waals surface area contributed by atoms with E-state index in [9.17, 15) is 9.18 Å². The third kappa shape index (κ3) is 3.05. The average molecular weight is 247 g/mol. The molecule has 0 spiro atoms. The molecule has 0 radical (unpaired) electrons. The second-order valence-corrected chi connectivity index (χ2v) is 4.56. The third-order valence-corrected chi connectivity index (χ3v) is 3.02. The van der Waals surface area contributed by atoms with Crippen molar-refractivity contribution >= 4 is 11.6 Å².